The van der Waals surface area contributed by atoms with Crippen LogP contribution < -0.4 is 16.1 Å². The molecule has 0 radical (unpaired) electrons. The molecule has 0 saturated carbocycles. The SMILES string of the molecule is NC(=S)N/N=C/c1ccc(-c2ccc(N3CCCCC3)nc2)o1. The van der Waals surface area contributed by atoms with Crippen LogP contribution in [-0.4, -0.2) is 29.4 Å². The van der Waals surface area contributed by atoms with Gasteiger partial charge in [-0.25, -0.2) is 4.98 Å². The second-order valence-corrected chi connectivity index (χ2v) is 5.83. The van der Waals surface area contributed by atoms with Crippen molar-refractivity contribution in [3.8, 4) is 11.3 Å². The smallest absolute Gasteiger partial charge is 0.184 e. The van der Waals surface area contributed by atoms with Crippen molar-refractivity contribution in [2.75, 3.05) is 18.0 Å². The van der Waals surface area contributed by atoms with Crippen LogP contribution in [0.25, 0.3) is 11.3 Å². The molecule has 0 unspecified atom stereocenters. The van der Waals surface area contributed by atoms with Gasteiger partial charge in [0, 0.05) is 24.8 Å². The second kappa shape index (κ2) is 7.23. The van der Waals surface area contributed by atoms with Crippen LogP contribution in [0.5, 0.6) is 0 Å². The van der Waals surface area contributed by atoms with Crippen LogP contribution in [0.2, 0.25) is 0 Å². The molecule has 1 fully saturated rings. The van der Waals surface area contributed by atoms with E-state index in [0.717, 1.165) is 30.2 Å². The van der Waals surface area contributed by atoms with E-state index in [-0.39, 0.29) is 5.11 Å². The lowest BCUT2D eigenvalue weighted by Crippen LogP contribution is -2.29. The maximum atomic E-state index is 5.71. The molecule has 23 heavy (non-hydrogen) atoms. The van der Waals surface area contributed by atoms with E-state index in [2.05, 4.69) is 32.6 Å². The average Bonchev–Trinajstić information content (AvgIpc) is 3.04. The molecular formula is C16H19N5OS. The summed E-state index contributed by atoms with van der Waals surface area (Å²) in [6.07, 6.45) is 7.17. The fraction of sp³-hybridized carbons (Fsp3) is 0.312. The summed E-state index contributed by atoms with van der Waals surface area (Å²) < 4.78 is 5.71. The lowest BCUT2D eigenvalue weighted by atomic mass is 10.1. The highest BCUT2D eigenvalue weighted by Crippen LogP contribution is 2.24. The van der Waals surface area contributed by atoms with Crippen molar-refractivity contribution < 1.29 is 4.42 Å². The number of hydrogen-bond acceptors (Lipinski definition) is 5. The van der Waals surface area contributed by atoms with Crippen molar-refractivity contribution in [3.63, 3.8) is 0 Å². The lowest BCUT2D eigenvalue weighted by molar-refractivity contribution is 0.571. The van der Waals surface area contributed by atoms with Gasteiger partial charge in [-0.3, -0.25) is 5.43 Å². The van der Waals surface area contributed by atoms with Gasteiger partial charge in [0.25, 0.3) is 0 Å². The van der Waals surface area contributed by atoms with Gasteiger partial charge in [-0.2, -0.15) is 5.10 Å². The number of rotatable bonds is 4. The average molecular weight is 329 g/mol. The van der Waals surface area contributed by atoms with E-state index in [0.29, 0.717) is 5.76 Å². The van der Waals surface area contributed by atoms with Crippen LogP contribution in [0, 0.1) is 0 Å². The van der Waals surface area contributed by atoms with Crippen LogP contribution in [0.3, 0.4) is 0 Å². The van der Waals surface area contributed by atoms with E-state index in [4.69, 9.17) is 10.2 Å². The molecule has 1 aliphatic rings. The van der Waals surface area contributed by atoms with Gasteiger partial charge in [-0.05, 0) is 55.7 Å². The summed E-state index contributed by atoms with van der Waals surface area (Å²) in [7, 11) is 0. The Hall–Kier alpha value is -2.41. The Morgan fingerprint density at radius 1 is 1.26 bits per heavy atom. The monoisotopic (exact) mass is 329 g/mol. The highest BCUT2D eigenvalue weighted by Gasteiger charge is 2.12. The Bertz CT molecular complexity index is 689. The predicted molar refractivity (Wildman–Crippen MR) is 95.5 cm³/mol. The zero-order valence-corrected chi connectivity index (χ0v) is 13.6. The number of nitrogens with zero attached hydrogens (tertiary/aromatic N) is 3. The van der Waals surface area contributed by atoms with E-state index in [1.807, 2.05) is 30.5 Å². The molecule has 0 aliphatic carbocycles. The van der Waals surface area contributed by atoms with Crippen LogP contribution >= 0.6 is 12.2 Å². The number of hydrazone groups is 1. The normalized spacial score (nSPS) is 15.0. The molecule has 3 heterocycles. The fourth-order valence-electron chi connectivity index (χ4n) is 2.58. The summed E-state index contributed by atoms with van der Waals surface area (Å²) in [6.45, 7) is 2.17. The Kier molecular flexibility index (Phi) is 4.87. The van der Waals surface area contributed by atoms with Crippen molar-refractivity contribution >= 4 is 29.4 Å². The molecule has 120 valence electrons. The molecule has 3 N–H and O–H groups in total. The minimum atomic E-state index is 0.116. The summed E-state index contributed by atoms with van der Waals surface area (Å²) in [5, 5.41) is 3.98. The number of hydrogen-bond donors (Lipinski definition) is 2. The molecular weight excluding hydrogens is 310 g/mol. The highest BCUT2D eigenvalue weighted by molar-refractivity contribution is 7.80. The number of pyridine rings is 1. The van der Waals surface area contributed by atoms with Crippen molar-refractivity contribution in [2.45, 2.75) is 19.3 Å². The van der Waals surface area contributed by atoms with Gasteiger partial charge in [-0.1, -0.05) is 0 Å². The summed E-state index contributed by atoms with van der Waals surface area (Å²) in [5.41, 5.74) is 8.72. The van der Waals surface area contributed by atoms with Crippen molar-refractivity contribution in [2.24, 2.45) is 10.8 Å². The number of furan rings is 1. The van der Waals surface area contributed by atoms with E-state index in [1.165, 1.54) is 25.5 Å². The van der Waals surface area contributed by atoms with Crippen LogP contribution in [0.15, 0.2) is 40.0 Å². The minimum absolute atomic E-state index is 0.116. The predicted octanol–water partition coefficient (Wildman–Crippen LogP) is 2.50. The number of thiocarbonyl (C=S) groups is 1. The Morgan fingerprint density at radius 2 is 2.09 bits per heavy atom. The molecule has 0 amide bonds. The molecule has 0 bridgehead atoms. The van der Waals surface area contributed by atoms with Crippen LogP contribution in [-0.2, 0) is 0 Å². The number of aromatic nitrogens is 1. The quantitative estimate of drug-likeness (QED) is 0.510. The van der Waals surface area contributed by atoms with E-state index >= 15 is 0 Å². The number of piperidine rings is 1. The van der Waals surface area contributed by atoms with Crippen molar-refractivity contribution in [1.29, 1.82) is 0 Å². The molecule has 0 atom stereocenters. The zero-order valence-electron chi connectivity index (χ0n) is 12.7. The molecule has 0 aromatic carbocycles. The zero-order chi connectivity index (χ0) is 16.1. The third-order valence-electron chi connectivity index (χ3n) is 3.71. The molecule has 2 aromatic heterocycles. The summed E-state index contributed by atoms with van der Waals surface area (Å²) in [4.78, 5) is 6.89. The number of anilines is 1. The van der Waals surface area contributed by atoms with Crippen molar-refractivity contribution in [1.82, 2.24) is 10.4 Å². The van der Waals surface area contributed by atoms with E-state index in [1.54, 1.807) is 0 Å². The van der Waals surface area contributed by atoms with Crippen LogP contribution in [0.1, 0.15) is 25.0 Å². The van der Waals surface area contributed by atoms with Gasteiger partial charge < -0.3 is 15.1 Å². The Morgan fingerprint density at radius 3 is 2.78 bits per heavy atom. The third-order valence-corrected chi connectivity index (χ3v) is 3.80. The fourth-order valence-corrected chi connectivity index (χ4v) is 2.63. The number of nitrogens with two attached hydrogens (primary N) is 1. The second-order valence-electron chi connectivity index (χ2n) is 5.39. The van der Waals surface area contributed by atoms with Gasteiger partial charge in [0.1, 0.15) is 17.3 Å². The minimum Gasteiger partial charge on any atom is -0.455 e. The first kappa shape index (κ1) is 15.5. The van der Waals surface area contributed by atoms with Gasteiger partial charge in [0.2, 0.25) is 0 Å². The molecule has 0 spiro atoms. The standard InChI is InChI=1S/C16H19N5OS/c17-16(23)20-19-11-13-5-6-14(22-13)12-4-7-15(18-10-12)21-8-2-1-3-9-21/h4-7,10-11H,1-3,8-9H2,(H3,17,20,23)/b19-11+. The first-order valence-electron chi connectivity index (χ1n) is 7.62. The molecule has 2 aromatic rings. The summed E-state index contributed by atoms with van der Waals surface area (Å²) in [6, 6.07) is 7.80. The van der Waals surface area contributed by atoms with Gasteiger partial charge in [0.05, 0.1) is 6.21 Å². The molecule has 6 nitrogen and oxygen atoms in total. The maximum Gasteiger partial charge on any atom is 0.184 e. The Balaban J connectivity index is 1.68. The van der Waals surface area contributed by atoms with Gasteiger partial charge in [-0.15, -0.1) is 0 Å². The first-order valence-corrected chi connectivity index (χ1v) is 8.03. The highest BCUT2D eigenvalue weighted by atomic mass is 32.1. The van der Waals surface area contributed by atoms with Crippen LogP contribution in [0.4, 0.5) is 5.82 Å². The summed E-state index contributed by atoms with van der Waals surface area (Å²) >= 11 is 4.67. The Labute approximate surface area is 140 Å². The van der Waals surface area contributed by atoms with E-state index < -0.39 is 0 Å². The van der Waals surface area contributed by atoms with Crippen molar-refractivity contribution in [3.05, 3.63) is 36.2 Å². The molecule has 3 rings (SSSR count). The lowest BCUT2D eigenvalue weighted by Gasteiger charge is -2.27. The van der Waals surface area contributed by atoms with Gasteiger partial charge >= 0.3 is 0 Å². The maximum absolute atomic E-state index is 5.71. The topological polar surface area (TPSA) is 79.7 Å². The molecule has 7 heteroatoms. The first-order chi connectivity index (χ1) is 11.2. The largest absolute Gasteiger partial charge is 0.455 e. The summed E-state index contributed by atoms with van der Waals surface area (Å²) in [5.74, 6) is 2.39. The third kappa shape index (κ3) is 4.07. The van der Waals surface area contributed by atoms with E-state index in [9.17, 15) is 0 Å². The molecule has 1 aliphatic heterocycles. The number of nitrogens with one attached hydrogen (secondary N) is 1. The van der Waals surface area contributed by atoms with Gasteiger partial charge in [0.15, 0.2) is 5.11 Å². The molecule has 1 saturated heterocycles.